The number of furan rings is 1. The highest BCUT2D eigenvalue weighted by Crippen LogP contribution is 2.23. The number of ketones is 1. The molecular weight excluding hydrogens is 250 g/mol. The third-order valence-electron chi connectivity index (χ3n) is 3.32. The Balaban J connectivity index is 1.95. The Morgan fingerprint density at radius 3 is 2.60 bits per heavy atom. The van der Waals surface area contributed by atoms with Crippen LogP contribution in [0.4, 0.5) is 0 Å². The SMILES string of the molecule is CNCc1ccc(C(=O)c2coc3ccccc23)cc1. The predicted octanol–water partition coefficient (Wildman–Crippen LogP) is 3.38. The van der Waals surface area contributed by atoms with Gasteiger partial charge in [0.1, 0.15) is 11.8 Å². The lowest BCUT2D eigenvalue weighted by Gasteiger charge is -2.02. The molecule has 1 aromatic heterocycles. The van der Waals surface area contributed by atoms with Gasteiger partial charge >= 0.3 is 0 Å². The van der Waals surface area contributed by atoms with E-state index in [1.807, 2.05) is 55.6 Å². The van der Waals surface area contributed by atoms with Crippen molar-refractivity contribution in [3.63, 3.8) is 0 Å². The van der Waals surface area contributed by atoms with Crippen LogP contribution in [0.1, 0.15) is 21.5 Å². The summed E-state index contributed by atoms with van der Waals surface area (Å²) in [5.74, 6) is -0.00837. The van der Waals surface area contributed by atoms with Crippen molar-refractivity contribution in [3.8, 4) is 0 Å². The lowest BCUT2D eigenvalue weighted by atomic mass is 10.0. The van der Waals surface area contributed by atoms with Crippen molar-refractivity contribution in [2.45, 2.75) is 6.54 Å². The molecule has 0 aliphatic rings. The molecule has 0 amide bonds. The van der Waals surface area contributed by atoms with E-state index in [-0.39, 0.29) is 5.78 Å². The minimum absolute atomic E-state index is 0.00837. The molecule has 1 heterocycles. The lowest BCUT2D eigenvalue weighted by Crippen LogP contribution is -2.06. The monoisotopic (exact) mass is 265 g/mol. The van der Waals surface area contributed by atoms with E-state index in [9.17, 15) is 4.79 Å². The van der Waals surface area contributed by atoms with Gasteiger partial charge in [-0.15, -0.1) is 0 Å². The Hall–Kier alpha value is -2.39. The number of fused-ring (bicyclic) bond motifs is 1. The van der Waals surface area contributed by atoms with Crippen LogP contribution < -0.4 is 5.32 Å². The van der Waals surface area contributed by atoms with Crippen LogP contribution in [0.25, 0.3) is 11.0 Å². The molecule has 0 unspecified atom stereocenters. The number of hydrogen-bond donors (Lipinski definition) is 1. The van der Waals surface area contributed by atoms with Crippen LogP contribution in [0, 0.1) is 0 Å². The van der Waals surface area contributed by atoms with Crippen LogP contribution in [0.5, 0.6) is 0 Å². The summed E-state index contributed by atoms with van der Waals surface area (Å²) >= 11 is 0. The first-order chi connectivity index (χ1) is 9.79. The topological polar surface area (TPSA) is 42.2 Å². The highest BCUT2D eigenvalue weighted by molar-refractivity contribution is 6.15. The van der Waals surface area contributed by atoms with Gasteiger partial charge in [0.2, 0.25) is 0 Å². The zero-order valence-corrected chi connectivity index (χ0v) is 11.2. The molecule has 3 heteroatoms. The number of para-hydroxylation sites is 1. The molecule has 3 aromatic rings. The predicted molar refractivity (Wildman–Crippen MR) is 78.9 cm³/mol. The fraction of sp³-hybridized carbons (Fsp3) is 0.118. The van der Waals surface area contributed by atoms with Crippen molar-refractivity contribution in [2.24, 2.45) is 0 Å². The van der Waals surface area contributed by atoms with Gasteiger partial charge in [0.15, 0.2) is 5.78 Å². The molecule has 0 saturated heterocycles. The van der Waals surface area contributed by atoms with Crippen LogP contribution in [0.2, 0.25) is 0 Å². The van der Waals surface area contributed by atoms with Gasteiger partial charge in [0.05, 0.1) is 5.56 Å². The highest BCUT2D eigenvalue weighted by Gasteiger charge is 2.15. The summed E-state index contributed by atoms with van der Waals surface area (Å²) < 4.78 is 5.42. The van der Waals surface area contributed by atoms with E-state index in [4.69, 9.17) is 4.42 Å². The molecule has 3 rings (SSSR count). The summed E-state index contributed by atoms with van der Waals surface area (Å²) in [6.07, 6.45) is 1.54. The van der Waals surface area contributed by atoms with Crippen LogP contribution >= 0.6 is 0 Å². The Bertz CT molecular complexity index is 741. The molecule has 2 aromatic carbocycles. The van der Waals surface area contributed by atoms with Gasteiger partial charge in [-0.3, -0.25) is 4.79 Å². The minimum Gasteiger partial charge on any atom is -0.464 e. The van der Waals surface area contributed by atoms with E-state index in [1.54, 1.807) is 0 Å². The lowest BCUT2D eigenvalue weighted by molar-refractivity contribution is 0.103. The number of benzene rings is 2. The number of carbonyl (C=O) groups excluding carboxylic acids is 1. The normalized spacial score (nSPS) is 10.8. The first-order valence-electron chi connectivity index (χ1n) is 6.54. The van der Waals surface area contributed by atoms with Gasteiger partial charge in [-0.25, -0.2) is 0 Å². The summed E-state index contributed by atoms with van der Waals surface area (Å²) in [7, 11) is 1.90. The molecule has 0 bridgehead atoms. The first-order valence-corrected chi connectivity index (χ1v) is 6.54. The van der Waals surface area contributed by atoms with E-state index < -0.39 is 0 Å². The van der Waals surface area contributed by atoms with Gasteiger partial charge in [0.25, 0.3) is 0 Å². The Morgan fingerprint density at radius 1 is 1.10 bits per heavy atom. The minimum atomic E-state index is -0.00837. The largest absolute Gasteiger partial charge is 0.464 e. The van der Waals surface area contributed by atoms with Gasteiger partial charge in [-0.05, 0) is 18.7 Å². The third kappa shape index (κ3) is 2.24. The molecule has 20 heavy (non-hydrogen) atoms. The Morgan fingerprint density at radius 2 is 1.85 bits per heavy atom. The molecule has 0 radical (unpaired) electrons. The van der Waals surface area contributed by atoms with E-state index in [1.165, 1.54) is 6.26 Å². The summed E-state index contributed by atoms with van der Waals surface area (Å²) in [5.41, 5.74) is 3.18. The fourth-order valence-electron chi connectivity index (χ4n) is 2.29. The maximum atomic E-state index is 12.5. The average molecular weight is 265 g/mol. The number of carbonyl (C=O) groups is 1. The summed E-state index contributed by atoms with van der Waals surface area (Å²) in [4.78, 5) is 12.5. The molecule has 0 saturated carbocycles. The number of nitrogens with one attached hydrogen (secondary N) is 1. The Kier molecular flexibility index (Phi) is 3.35. The van der Waals surface area contributed by atoms with E-state index in [0.717, 1.165) is 23.1 Å². The first kappa shape index (κ1) is 12.6. The Labute approximate surface area is 117 Å². The van der Waals surface area contributed by atoms with Crippen molar-refractivity contribution < 1.29 is 9.21 Å². The smallest absolute Gasteiger partial charge is 0.196 e. The third-order valence-corrected chi connectivity index (χ3v) is 3.32. The molecule has 100 valence electrons. The molecule has 1 N–H and O–H groups in total. The standard InChI is InChI=1S/C17H15NO2/c1-18-10-12-6-8-13(9-7-12)17(19)15-11-20-16-5-3-2-4-14(15)16/h2-9,11,18H,10H2,1H3. The fourth-order valence-corrected chi connectivity index (χ4v) is 2.29. The highest BCUT2D eigenvalue weighted by atomic mass is 16.3. The van der Waals surface area contributed by atoms with E-state index in [0.29, 0.717) is 11.1 Å². The molecule has 3 nitrogen and oxygen atoms in total. The van der Waals surface area contributed by atoms with Gasteiger partial charge in [-0.1, -0.05) is 42.5 Å². The van der Waals surface area contributed by atoms with Crippen molar-refractivity contribution in [3.05, 3.63) is 71.5 Å². The van der Waals surface area contributed by atoms with Gasteiger partial charge in [-0.2, -0.15) is 0 Å². The zero-order valence-electron chi connectivity index (χ0n) is 11.2. The number of hydrogen-bond acceptors (Lipinski definition) is 3. The van der Waals surface area contributed by atoms with Crippen molar-refractivity contribution >= 4 is 16.8 Å². The zero-order chi connectivity index (χ0) is 13.9. The average Bonchev–Trinajstić information content (AvgIpc) is 2.92. The van der Waals surface area contributed by atoms with Crippen molar-refractivity contribution in [1.29, 1.82) is 0 Å². The molecule has 0 atom stereocenters. The quantitative estimate of drug-likeness (QED) is 0.735. The molecule has 0 aliphatic carbocycles. The molecular formula is C17H15NO2. The van der Waals surface area contributed by atoms with Crippen LogP contribution in [0.15, 0.2) is 59.2 Å². The van der Waals surface area contributed by atoms with Gasteiger partial charge < -0.3 is 9.73 Å². The van der Waals surface area contributed by atoms with Crippen LogP contribution in [-0.2, 0) is 6.54 Å². The van der Waals surface area contributed by atoms with Crippen molar-refractivity contribution in [1.82, 2.24) is 5.32 Å². The molecule has 0 fully saturated rings. The van der Waals surface area contributed by atoms with Crippen LogP contribution in [0.3, 0.4) is 0 Å². The van der Waals surface area contributed by atoms with Crippen LogP contribution in [-0.4, -0.2) is 12.8 Å². The summed E-state index contributed by atoms with van der Waals surface area (Å²) in [6, 6.07) is 15.2. The summed E-state index contributed by atoms with van der Waals surface area (Å²) in [6.45, 7) is 0.795. The van der Waals surface area contributed by atoms with Gasteiger partial charge in [0, 0.05) is 17.5 Å². The second kappa shape index (κ2) is 5.31. The van der Waals surface area contributed by atoms with Crippen molar-refractivity contribution in [2.75, 3.05) is 7.05 Å². The number of rotatable bonds is 4. The second-order valence-electron chi connectivity index (χ2n) is 4.70. The molecule has 0 spiro atoms. The van der Waals surface area contributed by atoms with E-state index >= 15 is 0 Å². The van der Waals surface area contributed by atoms with E-state index in [2.05, 4.69) is 5.32 Å². The maximum absolute atomic E-state index is 12.5. The maximum Gasteiger partial charge on any atom is 0.196 e. The second-order valence-corrected chi connectivity index (χ2v) is 4.70. The summed E-state index contributed by atoms with van der Waals surface area (Å²) in [5, 5.41) is 3.94. The molecule has 0 aliphatic heterocycles.